The third-order valence-electron chi connectivity index (χ3n) is 2.18. The van der Waals surface area contributed by atoms with Crippen LogP contribution in [0.5, 0.6) is 0 Å². The van der Waals surface area contributed by atoms with Crippen molar-refractivity contribution >= 4 is 5.97 Å². The van der Waals surface area contributed by atoms with Gasteiger partial charge < -0.3 is 10.5 Å². The van der Waals surface area contributed by atoms with E-state index in [0.29, 0.717) is 17.9 Å². The van der Waals surface area contributed by atoms with Crippen molar-refractivity contribution in [1.82, 2.24) is 0 Å². The van der Waals surface area contributed by atoms with E-state index in [1.165, 1.54) is 0 Å². The van der Waals surface area contributed by atoms with Crippen molar-refractivity contribution in [1.29, 1.82) is 0 Å². The standard InChI is InChI=1S/C12H17NO2/c1-4-15-11(14)9-5-7-12(2,3)8-6-10(9)13/h5-8H,4,13H2,1-3H3. The molecule has 0 aromatic heterocycles. The van der Waals surface area contributed by atoms with Crippen LogP contribution in [0.3, 0.4) is 0 Å². The SMILES string of the molecule is CCOC(=O)C1=C(N)C=CC(C)(C)C=C1. The Labute approximate surface area is 90.3 Å². The quantitative estimate of drug-likeness (QED) is 0.704. The third kappa shape index (κ3) is 2.98. The van der Waals surface area contributed by atoms with Crippen molar-refractivity contribution in [2.24, 2.45) is 11.1 Å². The Kier molecular flexibility index (Phi) is 3.35. The lowest BCUT2D eigenvalue weighted by atomic mass is 9.93. The normalized spacial score (nSPS) is 18.9. The predicted molar refractivity (Wildman–Crippen MR) is 59.9 cm³/mol. The highest BCUT2D eigenvalue weighted by atomic mass is 16.5. The Bertz CT molecular complexity index is 349. The highest BCUT2D eigenvalue weighted by Gasteiger charge is 2.17. The smallest absolute Gasteiger partial charge is 0.340 e. The summed E-state index contributed by atoms with van der Waals surface area (Å²) in [5.74, 6) is -0.367. The Hall–Kier alpha value is -1.51. The minimum absolute atomic E-state index is 0.0845. The second-order valence-electron chi connectivity index (χ2n) is 4.08. The molecule has 82 valence electrons. The van der Waals surface area contributed by atoms with Crippen LogP contribution in [-0.4, -0.2) is 12.6 Å². The van der Waals surface area contributed by atoms with Gasteiger partial charge in [0.05, 0.1) is 12.2 Å². The van der Waals surface area contributed by atoms with Gasteiger partial charge in [0, 0.05) is 11.1 Å². The van der Waals surface area contributed by atoms with Crippen LogP contribution >= 0.6 is 0 Å². The first-order valence-corrected chi connectivity index (χ1v) is 5.01. The number of nitrogens with two attached hydrogens (primary N) is 1. The molecule has 3 nitrogen and oxygen atoms in total. The molecule has 0 aromatic rings. The highest BCUT2D eigenvalue weighted by Crippen LogP contribution is 2.24. The van der Waals surface area contributed by atoms with Gasteiger partial charge in [-0.15, -0.1) is 0 Å². The van der Waals surface area contributed by atoms with Crippen molar-refractivity contribution in [3.05, 3.63) is 35.6 Å². The van der Waals surface area contributed by atoms with E-state index >= 15 is 0 Å². The Morgan fingerprint density at radius 1 is 1.40 bits per heavy atom. The van der Waals surface area contributed by atoms with Crippen molar-refractivity contribution in [3.8, 4) is 0 Å². The summed E-state index contributed by atoms with van der Waals surface area (Å²) in [6, 6.07) is 0. The van der Waals surface area contributed by atoms with Crippen LogP contribution in [0.1, 0.15) is 20.8 Å². The van der Waals surface area contributed by atoms with Crippen molar-refractivity contribution in [3.63, 3.8) is 0 Å². The molecule has 0 saturated carbocycles. The fraction of sp³-hybridized carbons (Fsp3) is 0.417. The molecule has 0 radical (unpaired) electrons. The van der Waals surface area contributed by atoms with E-state index in [1.807, 2.05) is 26.0 Å². The van der Waals surface area contributed by atoms with E-state index in [4.69, 9.17) is 10.5 Å². The number of carbonyl (C=O) groups is 1. The van der Waals surface area contributed by atoms with Crippen molar-refractivity contribution in [2.75, 3.05) is 6.61 Å². The number of ether oxygens (including phenoxy) is 1. The van der Waals surface area contributed by atoms with E-state index in [1.54, 1.807) is 19.1 Å². The molecule has 0 atom stereocenters. The van der Waals surface area contributed by atoms with Gasteiger partial charge >= 0.3 is 5.97 Å². The van der Waals surface area contributed by atoms with Crippen LogP contribution in [0.15, 0.2) is 35.6 Å². The molecule has 3 heteroatoms. The monoisotopic (exact) mass is 207 g/mol. The Morgan fingerprint density at radius 2 is 2.00 bits per heavy atom. The fourth-order valence-electron chi connectivity index (χ4n) is 1.24. The first-order chi connectivity index (χ1) is 6.96. The molecule has 2 N–H and O–H groups in total. The van der Waals surface area contributed by atoms with Crippen LogP contribution in [0.4, 0.5) is 0 Å². The molecule has 0 saturated heterocycles. The van der Waals surface area contributed by atoms with Crippen molar-refractivity contribution < 1.29 is 9.53 Å². The highest BCUT2D eigenvalue weighted by molar-refractivity contribution is 5.93. The topological polar surface area (TPSA) is 52.3 Å². The number of allylic oxidation sites excluding steroid dienone is 3. The van der Waals surface area contributed by atoms with Crippen LogP contribution in [0.25, 0.3) is 0 Å². The largest absolute Gasteiger partial charge is 0.462 e. The second-order valence-corrected chi connectivity index (χ2v) is 4.08. The third-order valence-corrected chi connectivity index (χ3v) is 2.18. The lowest BCUT2D eigenvalue weighted by Gasteiger charge is -2.12. The number of esters is 1. The fourth-order valence-corrected chi connectivity index (χ4v) is 1.24. The molecule has 1 aliphatic rings. The van der Waals surface area contributed by atoms with Gasteiger partial charge in [-0.05, 0) is 19.1 Å². The molecule has 0 unspecified atom stereocenters. The molecule has 0 heterocycles. The van der Waals surface area contributed by atoms with E-state index in [2.05, 4.69) is 0 Å². The lowest BCUT2D eigenvalue weighted by Crippen LogP contribution is -2.11. The zero-order valence-electron chi connectivity index (χ0n) is 9.41. The zero-order valence-corrected chi connectivity index (χ0v) is 9.41. The van der Waals surface area contributed by atoms with Crippen LogP contribution < -0.4 is 5.73 Å². The molecule has 1 rings (SSSR count). The number of carbonyl (C=O) groups excluding carboxylic acids is 1. The summed E-state index contributed by atoms with van der Waals surface area (Å²) in [5, 5.41) is 0. The Morgan fingerprint density at radius 3 is 2.60 bits per heavy atom. The second kappa shape index (κ2) is 4.34. The minimum atomic E-state index is -0.367. The lowest BCUT2D eigenvalue weighted by molar-refractivity contribution is -0.138. The summed E-state index contributed by atoms with van der Waals surface area (Å²) in [4.78, 5) is 11.5. The number of hydrogen-bond acceptors (Lipinski definition) is 3. The molecule has 15 heavy (non-hydrogen) atoms. The molecule has 0 spiro atoms. The average molecular weight is 207 g/mol. The molecular formula is C12H17NO2. The maximum Gasteiger partial charge on any atom is 0.340 e. The molecule has 1 aliphatic carbocycles. The van der Waals surface area contributed by atoms with Gasteiger partial charge in [-0.3, -0.25) is 0 Å². The van der Waals surface area contributed by atoms with E-state index in [9.17, 15) is 4.79 Å². The van der Waals surface area contributed by atoms with Crippen LogP contribution in [0, 0.1) is 5.41 Å². The molecule has 0 bridgehead atoms. The maximum absolute atomic E-state index is 11.5. The summed E-state index contributed by atoms with van der Waals surface area (Å²) < 4.78 is 4.91. The summed E-state index contributed by atoms with van der Waals surface area (Å²) in [6.45, 7) is 6.22. The molecule has 0 amide bonds. The Balaban J connectivity index is 2.98. The van der Waals surface area contributed by atoms with Crippen LogP contribution in [-0.2, 0) is 9.53 Å². The minimum Gasteiger partial charge on any atom is -0.462 e. The summed E-state index contributed by atoms with van der Waals surface area (Å²) >= 11 is 0. The van der Waals surface area contributed by atoms with E-state index in [-0.39, 0.29) is 11.4 Å². The molecular weight excluding hydrogens is 190 g/mol. The van der Waals surface area contributed by atoms with E-state index < -0.39 is 0 Å². The van der Waals surface area contributed by atoms with Crippen molar-refractivity contribution in [2.45, 2.75) is 20.8 Å². The zero-order chi connectivity index (χ0) is 11.5. The summed E-state index contributed by atoms with van der Waals surface area (Å²) in [6.07, 6.45) is 7.39. The van der Waals surface area contributed by atoms with Gasteiger partial charge in [0.15, 0.2) is 0 Å². The first-order valence-electron chi connectivity index (χ1n) is 5.01. The first kappa shape index (κ1) is 11.6. The average Bonchev–Trinajstić information content (AvgIpc) is 2.27. The van der Waals surface area contributed by atoms with Gasteiger partial charge in [-0.2, -0.15) is 0 Å². The van der Waals surface area contributed by atoms with E-state index in [0.717, 1.165) is 0 Å². The van der Waals surface area contributed by atoms with Gasteiger partial charge in [0.25, 0.3) is 0 Å². The van der Waals surface area contributed by atoms with Gasteiger partial charge in [0.2, 0.25) is 0 Å². The van der Waals surface area contributed by atoms with Crippen LogP contribution in [0.2, 0.25) is 0 Å². The summed E-state index contributed by atoms with van der Waals surface area (Å²) in [7, 11) is 0. The molecule has 0 aliphatic heterocycles. The predicted octanol–water partition coefficient (Wildman–Crippen LogP) is 1.91. The van der Waals surface area contributed by atoms with Gasteiger partial charge in [-0.25, -0.2) is 4.79 Å². The number of hydrogen-bond donors (Lipinski definition) is 1. The summed E-state index contributed by atoms with van der Waals surface area (Å²) in [5.41, 5.74) is 6.57. The van der Waals surface area contributed by atoms with Gasteiger partial charge in [-0.1, -0.05) is 26.0 Å². The molecule has 0 fully saturated rings. The molecule has 0 aromatic carbocycles. The maximum atomic E-state index is 11.5. The number of rotatable bonds is 2. The van der Waals surface area contributed by atoms with Gasteiger partial charge in [0.1, 0.15) is 0 Å².